The summed E-state index contributed by atoms with van der Waals surface area (Å²) < 4.78 is 11.0. The number of likely N-dealkylation sites (tertiary alicyclic amines) is 1. The van der Waals surface area contributed by atoms with Crippen LogP contribution in [0, 0.1) is 6.92 Å². The van der Waals surface area contributed by atoms with Gasteiger partial charge in [0.05, 0.1) is 18.8 Å². The fraction of sp³-hybridized carbons (Fsp3) is 0.471. The molecule has 1 saturated heterocycles. The molecule has 0 radical (unpaired) electrons. The van der Waals surface area contributed by atoms with Crippen LogP contribution in [0.2, 0.25) is 0 Å². The number of amides is 1. The molecule has 128 valence electrons. The van der Waals surface area contributed by atoms with E-state index in [0.29, 0.717) is 25.4 Å². The smallest absolute Gasteiger partial charge is 0.249 e. The van der Waals surface area contributed by atoms with Gasteiger partial charge in [-0.1, -0.05) is 30.3 Å². The molecule has 2 heterocycles. The SMILES string of the molecule is CO[C@H]1C[C@@H](c2n[nH]c(C)n2)N(C(=O)COCc2ccccc2)C1. The quantitative estimate of drug-likeness (QED) is 0.870. The van der Waals surface area contributed by atoms with Gasteiger partial charge in [-0.2, -0.15) is 5.10 Å². The number of nitrogens with zero attached hydrogens (tertiary/aromatic N) is 3. The van der Waals surface area contributed by atoms with Crippen LogP contribution < -0.4 is 0 Å². The Hall–Kier alpha value is -2.25. The van der Waals surface area contributed by atoms with Gasteiger partial charge in [0.1, 0.15) is 12.4 Å². The first-order chi connectivity index (χ1) is 11.7. The normalized spacial score (nSPS) is 20.5. The van der Waals surface area contributed by atoms with Crippen LogP contribution in [0.3, 0.4) is 0 Å². The summed E-state index contributed by atoms with van der Waals surface area (Å²) >= 11 is 0. The van der Waals surface area contributed by atoms with Crippen molar-refractivity contribution < 1.29 is 14.3 Å². The summed E-state index contributed by atoms with van der Waals surface area (Å²) in [7, 11) is 1.66. The fourth-order valence-corrected chi connectivity index (χ4v) is 2.91. The Labute approximate surface area is 141 Å². The van der Waals surface area contributed by atoms with Crippen LogP contribution in [-0.2, 0) is 20.9 Å². The van der Waals surface area contributed by atoms with E-state index in [1.165, 1.54) is 0 Å². The van der Waals surface area contributed by atoms with E-state index in [1.54, 1.807) is 12.0 Å². The minimum absolute atomic E-state index is 0.00752. The van der Waals surface area contributed by atoms with Gasteiger partial charge in [0.25, 0.3) is 0 Å². The Morgan fingerprint density at radius 3 is 2.83 bits per heavy atom. The maximum absolute atomic E-state index is 12.6. The van der Waals surface area contributed by atoms with Crippen LogP contribution in [0.15, 0.2) is 30.3 Å². The average molecular weight is 330 g/mol. The second-order valence-corrected chi connectivity index (χ2v) is 5.91. The third kappa shape index (κ3) is 3.80. The lowest BCUT2D eigenvalue weighted by Crippen LogP contribution is -2.35. The van der Waals surface area contributed by atoms with Crippen LogP contribution in [0.5, 0.6) is 0 Å². The molecule has 7 nitrogen and oxygen atoms in total. The Kier molecular flexibility index (Phi) is 5.22. The molecule has 7 heteroatoms. The van der Waals surface area contributed by atoms with Crippen LogP contribution >= 0.6 is 0 Å². The summed E-state index contributed by atoms with van der Waals surface area (Å²) in [6.45, 7) is 2.82. The van der Waals surface area contributed by atoms with E-state index < -0.39 is 0 Å². The molecule has 1 fully saturated rings. The zero-order valence-electron chi connectivity index (χ0n) is 13.9. The van der Waals surface area contributed by atoms with Gasteiger partial charge < -0.3 is 14.4 Å². The van der Waals surface area contributed by atoms with Crippen molar-refractivity contribution in [3.05, 3.63) is 47.5 Å². The molecular weight excluding hydrogens is 308 g/mol. The first-order valence-corrected chi connectivity index (χ1v) is 8.00. The maximum atomic E-state index is 12.6. The minimum Gasteiger partial charge on any atom is -0.380 e. The number of nitrogens with one attached hydrogen (secondary N) is 1. The van der Waals surface area contributed by atoms with E-state index in [0.717, 1.165) is 11.4 Å². The number of H-pyrrole nitrogens is 1. The maximum Gasteiger partial charge on any atom is 0.249 e. The Morgan fingerprint density at radius 2 is 2.17 bits per heavy atom. The second-order valence-electron chi connectivity index (χ2n) is 5.91. The Bertz CT molecular complexity index is 673. The highest BCUT2D eigenvalue weighted by molar-refractivity contribution is 5.78. The van der Waals surface area contributed by atoms with Crippen molar-refractivity contribution >= 4 is 5.91 Å². The Balaban J connectivity index is 1.61. The van der Waals surface area contributed by atoms with Crippen molar-refractivity contribution in [2.45, 2.75) is 32.1 Å². The third-order valence-electron chi connectivity index (χ3n) is 4.17. The van der Waals surface area contributed by atoms with Crippen LogP contribution in [0.1, 0.15) is 29.7 Å². The molecule has 3 rings (SSSR count). The predicted octanol–water partition coefficient (Wildman–Crippen LogP) is 1.62. The molecule has 1 aromatic heterocycles. The van der Waals surface area contributed by atoms with Crippen molar-refractivity contribution in [2.75, 3.05) is 20.3 Å². The van der Waals surface area contributed by atoms with Gasteiger partial charge in [-0.15, -0.1) is 0 Å². The summed E-state index contributed by atoms with van der Waals surface area (Å²) in [5.74, 6) is 1.29. The van der Waals surface area contributed by atoms with Gasteiger partial charge in [0.2, 0.25) is 5.91 Å². The molecule has 0 saturated carbocycles. The highest BCUT2D eigenvalue weighted by atomic mass is 16.5. The molecule has 1 aliphatic rings. The highest BCUT2D eigenvalue weighted by Gasteiger charge is 2.38. The van der Waals surface area contributed by atoms with Crippen molar-refractivity contribution in [1.82, 2.24) is 20.1 Å². The van der Waals surface area contributed by atoms with Gasteiger partial charge >= 0.3 is 0 Å². The van der Waals surface area contributed by atoms with Gasteiger partial charge in [-0.25, -0.2) is 4.98 Å². The zero-order chi connectivity index (χ0) is 16.9. The number of aryl methyl sites for hydroxylation is 1. The molecule has 1 N–H and O–H groups in total. The first kappa shape index (κ1) is 16.6. The summed E-state index contributed by atoms with van der Waals surface area (Å²) in [6.07, 6.45) is 0.685. The molecule has 0 spiro atoms. The lowest BCUT2D eigenvalue weighted by atomic mass is 10.2. The van der Waals surface area contributed by atoms with Crippen LogP contribution in [0.4, 0.5) is 0 Å². The van der Waals surface area contributed by atoms with Gasteiger partial charge in [-0.3, -0.25) is 9.89 Å². The molecule has 1 aliphatic heterocycles. The molecule has 1 aromatic carbocycles. The predicted molar refractivity (Wildman–Crippen MR) is 87.1 cm³/mol. The Morgan fingerprint density at radius 1 is 1.38 bits per heavy atom. The number of hydrogen-bond acceptors (Lipinski definition) is 5. The van der Waals surface area contributed by atoms with E-state index in [1.807, 2.05) is 37.3 Å². The monoisotopic (exact) mass is 330 g/mol. The number of rotatable bonds is 6. The third-order valence-corrected chi connectivity index (χ3v) is 4.17. The van der Waals surface area contributed by atoms with Crippen LogP contribution in [-0.4, -0.2) is 52.4 Å². The van der Waals surface area contributed by atoms with Crippen LogP contribution in [0.25, 0.3) is 0 Å². The summed E-state index contributed by atoms with van der Waals surface area (Å²) in [5.41, 5.74) is 1.04. The lowest BCUT2D eigenvalue weighted by Gasteiger charge is -2.22. The molecular formula is C17H22N4O3. The van der Waals surface area contributed by atoms with E-state index in [2.05, 4.69) is 15.2 Å². The number of hydrogen-bond donors (Lipinski definition) is 1. The summed E-state index contributed by atoms with van der Waals surface area (Å²) in [4.78, 5) is 18.7. The molecule has 24 heavy (non-hydrogen) atoms. The van der Waals surface area contributed by atoms with Gasteiger partial charge in [0, 0.05) is 20.1 Å². The van der Waals surface area contributed by atoms with E-state index in [4.69, 9.17) is 9.47 Å². The largest absolute Gasteiger partial charge is 0.380 e. The number of benzene rings is 1. The van der Waals surface area contributed by atoms with Gasteiger partial charge in [-0.05, 0) is 12.5 Å². The van der Waals surface area contributed by atoms with Crippen molar-refractivity contribution in [2.24, 2.45) is 0 Å². The van der Waals surface area contributed by atoms with E-state index in [-0.39, 0.29) is 24.7 Å². The number of carbonyl (C=O) groups is 1. The average Bonchev–Trinajstić information content (AvgIpc) is 3.21. The van der Waals surface area contributed by atoms with E-state index in [9.17, 15) is 4.79 Å². The number of carbonyl (C=O) groups excluding carboxylic acids is 1. The molecule has 0 aliphatic carbocycles. The zero-order valence-corrected chi connectivity index (χ0v) is 13.9. The summed E-state index contributed by atoms with van der Waals surface area (Å²) in [5, 5.41) is 7.03. The standard InChI is InChI=1S/C17H22N4O3/c1-12-18-17(20-19-12)15-8-14(23-2)9-21(15)16(22)11-24-10-13-6-4-3-5-7-13/h3-7,14-15H,8-11H2,1-2H3,(H,18,19,20)/t14-,15-/m0/s1. The number of aromatic amines is 1. The second kappa shape index (κ2) is 7.55. The topological polar surface area (TPSA) is 80.3 Å². The lowest BCUT2D eigenvalue weighted by molar-refractivity contribution is -0.138. The van der Waals surface area contributed by atoms with Crippen molar-refractivity contribution in [1.29, 1.82) is 0 Å². The number of methoxy groups -OCH3 is 1. The first-order valence-electron chi connectivity index (χ1n) is 8.00. The van der Waals surface area contributed by atoms with Crippen molar-refractivity contribution in [3.8, 4) is 0 Å². The molecule has 2 atom stereocenters. The van der Waals surface area contributed by atoms with Crippen molar-refractivity contribution in [3.63, 3.8) is 0 Å². The van der Waals surface area contributed by atoms with Gasteiger partial charge in [0.15, 0.2) is 5.82 Å². The summed E-state index contributed by atoms with van der Waals surface area (Å²) in [6, 6.07) is 9.62. The molecule has 0 bridgehead atoms. The molecule has 1 amide bonds. The fourth-order valence-electron chi connectivity index (χ4n) is 2.91. The number of aromatic nitrogens is 3. The minimum atomic E-state index is -0.173. The van der Waals surface area contributed by atoms with E-state index >= 15 is 0 Å². The molecule has 2 aromatic rings. The number of ether oxygens (including phenoxy) is 2. The molecule has 0 unspecified atom stereocenters. The highest BCUT2D eigenvalue weighted by Crippen LogP contribution is 2.31.